The van der Waals surface area contributed by atoms with Gasteiger partial charge in [-0.15, -0.1) is 11.8 Å². The van der Waals surface area contributed by atoms with Crippen molar-refractivity contribution in [2.75, 3.05) is 31.6 Å². The van der Waals surface area contributed by atoms with E-state index in [2.05, 4.69) is 10.6 Å². The topological polar surface area (TPSA) is 95.1 Å². The molecule has 2 amide bonds. The zero-order chi connectivity index (χ0) is 24.8. The first-order chi connectivity index (χ1) is 17.0. The Labute approximate surface area is 207 Å². The van der Waals surface area contributed by atoms with E-state index in [0.29, 0.717) is 46.4 Å². The van der Waals surface area contributed by atoms with E-state index in [1.165, 1.54) is 26.0 Å². The van der Waals surface area contributed by atoms with Crippen LogP contribution in [0.15, 0.2) is 65.6 Å². The summed E-state index contributed by atoms with van der Waals surface area (Å²) in [6.45, 7) is 2.13. The van der Waals surface area contributed by atoms with Crippen molar-refractivity contribution in [2.24, 2.45) is 0 Å². The molecule has 1 heterocycles. The minimum Gasteiger partial charge on any atom is -0.496 e. The molecule has 1 atom stereocenters. The maximum atomic E-state index is 13.0. The molecule has 0 radical (unpaired) electrons. The Morgan fingerprint density at radius 1 is 0.914 bits per heavy atom. The minimum atomic E-state index is -0.353. The molecule has 0 aromatic heterocycles. The van der Waals surface area contributed by atoms with Gasteiger partial charge >= 0.3 is 0 Å². The molecule has 0 spiro atoms. The molecular formula is C26H26N2O6S. The molecule has 35 heavy (non-hydrogen) atoms. The number of ether oxygens (including phenoxy) is 4. The highest BCUT2D eigenvalue weighted by Gasteiger charge is 2.21. The van der Waals surface area contributed by atoms with Gasteiger partial charge in [0.1, 0.15) is 17.1 Å². The average molecular weight is 495 g/mol. The van der Waals surface area contributed by atoms with Gasteiger partial charge in [-0.2, -0.15) is 0 Å². The monoisotopic (exact) mass is 494 g/mol. The average Bonchev–Trinajstić information content (AvgIpc) is 3.34. The smallest absolute Gasteiger partial charge is 0.263 e. The van der Waals surface area contributed by atoms with E-state index in [1.54, 1.807) is 42.5 Å². The molecule has 3 aromatic rings. The fourth-order valence-corrected chi connectivity index (χ4v) is 4.61. The minimum absolute atomic E-state index is 0.121. The lowest BCUT2D eigenvalue weighted by Gasteiger charge is -2.16. The lowest BCUT2D eigenvalue weighted by atomic mass is 10.1. The van der Waals surface area contributed by atoms with E-state index < -0.39 is 0 Å². The third-order valence-corrected chi connectivity index (χ3v) is 6.69. The summed E-state index contributed by atoms with van der Waals surface area (Å²) in [6, 6.07) is 17.8. The van der Waals surface area contributed by atoms with Gasteiger partial charge in [-0.05, 0) is 48.9 Å². The number of carbonyl (C=O) groups excluding carboxylic acids is 2. The van der Waals surface area contributed by atoms with Crippen molar-refractivity contribution in [3.05, 3.63) is 66.2 Å². The first kappa shape index (κ1) is 24.3. The van der Waals surface area contributed by atoms with E-state index in [0.717, 1.165) is 4.90 Å². The predicted molar refractivity (Wildman–Crippen MR) is 135 cm³/mol. The van der Waals surface area contributed by atoms with E-state index in [4.69, 9.17) is 18.9 Å². The Kier molecular flexibility index (Phi) is 7.67. The zero-order valence-corrected chi connectivity index (χ0v) is 20.4. The fraction of sp³-hybridized carbons (Fsp3) is 0.231. The number of benzene rings is 3. The van der Waals surface area contributed by atoms with Crippen LogP contribution in [0.4, 0.5) is 11.4 Å². The van der Waals surface area contributed by atoms with Gasteiger partial charge in [-0.25, -0.2) is 0 Å². The van der Waals surface area contributed by atoms with Gasteiger partial charge in [0.15, 0.2) is 11.5 Å². The van der Waals surface area contributed by atoms with Crippen LogP contribution in [0.1, 0.15) is 23.7 Å². The van der Waals surface area contributed by atoms with Gasteiger partial charge in [-0.1, -0.05) is 19.1 Å². The van der Waals surface area contributed by atoms with Crippen molar-refractivity contribution in [2.45, 2.75) is 23.5 Å². The van der Waals surface area contributed by atoms with Crippen molar-refractivity contribution >= 4 is 35.0 Å². The number of hydrogen-bond donors (Lipinski definition) is 2. The van der Waals surface area contributed by atoms with Crippen molar-refractivity contribution in [3.63, 3.8) is 0 Å². The summed E-state index contributed by atoms with van der Waals surface area (Å²) in [5.41, 5.74) is 1.55. The molecule has 8 nitrogen and oxygen atoms in total. The Bertz CT molecular complexity index is 1210. The molecule has 0 bridgehead atoms. The molecular weight excluding hydrogens is 468 g/mol. The van der Waals surface area contributed by atoms with Gasteiger partial charge < -0.3 is 29.6 Å². The first-order valence-electron chi connectivity index (χ1n) is 11.0. The Hall–Kier alpha value is -3.85. The second-order valence-electron chi connectivity index (χ2n) is 7.59. The second kappa shape index (κ2) is 11.1. The van der Waals surface area contributed by atoms with Crippen LogP contribution in [0.25, 0.3) is 0 Å². The molecule has 0 saturated heterocycles. The summed E-state index contributed by atoms with van der Waals surface area (Å²) in [5, 5.41) is 5.50. The number of fused-ring (bicyclic) bond motifs is 1. The van der Waals surface area contributed by atoms with Gasteiger partial charge in [0.2, 0.25) is 12.7 Å². The summed E-state index contributed by atoms with van der Waals surface area (Å²) >= 11 is 1.43. The van der Waals surface area contributed by atoms with Crippen LogP contribution >= 0.6 is 11.8 Å². The Morgan fingerprint density at radius 2 is 1.60 bits per heavy atom. The number of thioether (sulfide) groups is 1. The SMILES string of the molecule is CCC(Sc1cccc(NC(=O)c2c(OC)cccc2OC)c1)C(=O)Nc1ccc2c(c1)OCO2. The largest absolute Gasteiger partial charge is 0.496 e. The molecule has 3 aromatic carbocycles. The molecule has 1 aliphatic heterocycles. The number of hydrogen-bond acceptors (Lipinski definition) is 7. The highest BCUT2D eigenvalue weighted by Crippen LogP contribution is 2.35. The zero-order valence-electron chi connectivity index (χ0n) is 19.6. The summed E-state index contributed by atoms with van der Waals surface area (Å²) in [6.07, 6.45) is 0.621. The maximum absolute atomic E-state index is 13.0. The Balaban J connectivity index is 1.44. The molecule has 2 N–H and O–H groups in total. The van der Waals surface area contributed by atoms with Gasteiger partial charge in [0, 0.05) is 22.3 Å². The normalized spacial score (nSPS) is 12.5. The van der Waals surface area contributed by atoms with E-state index in [-0.39, 0.29) is 23.9 Å². The quantitative estimate of drug-likeness (QED) is 0.395. The lowest BCUT2D eigenvalue weighted by molar-refractivity contribution is -0.115. The maximum Gasteiger partial charge on any atom is 0.263 e. The van der Waals surface area contributed by atoms with E-state index >= 15 is 0 Å². The van der Waals surface area contributed by atoms with E-state index in [1.807, 2.05) is 25.1 Å². The fourth-order valence-electron chi connectivity index (χ4n) is 3.60. The van der Waals surface area contributed by atoms with Crippen molar-refractivity contribution in [3.8, 4) is 23.0 Å². The highest BCUT2D eigenvalue weighted by molar-refractivity contribution is 8.00. The third-order valence-electron chi connectivity index (χ3n) is 5.33. The van der Waals surface area contributed by atoms with Gasteiger partial charge in [-0.3, -0.25) is 9.59 Å². The van der Waals surface area contributed by atoms with Crippen molar-refractivity contribution in [1.82, 2.24) is 0 Å². The van der Waals surface area contributed by atoms with Gasteiger partial charge in [0.25, 0.3) is 5.91 Å². The standard InChI is InChI=1S/C26H26N2O6S/c1-4-23(25(29)27-17-11-12-19-22(14-17)34-15-33-19)35-18-8-5-7-16(13-18)28-26(30)24-20(31-2)9-6-10-21(24)32-3/h5-14,23H,4,15H2,1-3H3,(H,27,29)(H,28,30). The number of carbonyl (C=O) groups is 2. The molecule has 9 heteroatoms. The van der Waals surface area contributed by atoms with Crippen LogP contribution in [-0.2, 0) is 4.79 Å². The number of anilines is 2. The van der Waals surface area contributed by atoms with Crippen LogP contribution in [0.2, 0.25) is 0 Å². The van der Waals surface area contributed by atoms with Crippen LogP contribution in [0.3, 0.4) is 0 Å². The molecule has 0 saturated carbocycles. The molecule has 4 rings (SSSR count). The number of rotatable bonds is 9. The summed E-state index contributed by atoms with van der Waals surface area (Å²) in [5.74, 6) is 1.63. The number of nitrogens with one attached hydrogen (secondary N) is 2. The molecule has 182 valence electrons. The van der Waals surface area contributed by atoms with Crippen LogP contribution in [0, 0.1) is 0 Å². The number of methoxy groups -OCH3 is 2. The van der Waals surface area contributed by atoms with Crippen molar-refractivity contribution in [1.29, 1.82) is 0 Å². The first-order valence-corrected chi connectivity index (χ1v) is 11.9. The third kappa shape index (κ3) is 5.63. The Morgan fingerprint density at radius 3 is 2.31 bits per heavy atom. The highest BCUT2D eigenvalue weighted by atomic mass is 32.2. The lowest BCUT2D eigenvalue weighted by Crippen LogP contribution is -2.24. The van der Waals surface area contributed by atoms with Crippen molar-refractivity contribution < 1.29 is 28.5 Å². The molecule has 1 unspecified atom stereocenters. The van der Waals surface area contributed by atoms with Gasteiger partial charge in [0.05, 0.1) is 19.5 Å². The summed E-state index contributed by atoms with van der Waals surface area (Å²) < 4.78 is 21.4. The summed E-state index contributed by atoms with van der Waals surface area (Å²) in [7, 11) is 3.00. The predicted octanol–water partition coefficient (Wildman–Crippen LogP) is 5.19. The van der Waals surface area contributed by atoms with Crippen LogP contribution in [0.5, 0.6) is 23.0 Å². The molecule has 0 fully saturated rings. The summed E-state index contributed by atoms with van der Waals surface area (Å²) in [4.78, 5) is 26.8. The molecule has 0 aliphatic carbocycles. The number of amides is 2. The molecule has 1 aliphatic rings. The van der Waals surface area contributed by atoms with Crippen LogP contribution < -0.4 is 29.6 Å². The second-order valence-corrected chi connectivity index (χ2v) is 8.87. The van der Waals surface area contributed by atoms with Crippen LogP contribution in [-0.4, -0.2) is 38.1 Å². The van der Waals surface area contributed by atoms with E-state index in [9.17, 15) is 9.59 Å².